The number of rotatable bonds is 5. The number of benzene rings is 1. The van der Waals surface area contributed by atoms with E-state index in [2.05, 4.69) is 5.32 Å². The average molecular weight is 326 g/mol. The molecule has 2 rings (SSSR count). The van der Waals surface area contributed by atoms with Gasteiger partial charge in [0.15, 0.2) is 5.75 Å². The van der Waals surface area contributed by atoms with Crippen LogP contribution in [0.4, 0.5) is 14.9 Å². The van der Waals surface area contributed by atoms with Crippen LogP contribution in [0.15, 0.2) is 18.2 Å². The summed E-state index contributed by atoms with van der Waals surface area (Å²) in [6.45, 7) is 5.32. The molecule has 1 aromatic carbocycles. The number of carbonyl (C=O) groups is 1. The van der Waals surface area contributed by atoms with Crippen LogP contribution in [0.25, 0.3) is 0 Å². The maximum absolute atomic E-state index is 13.1. The highest BCUT2D eigenvalue weighted by Crippen LogP contribution is 2.37. The lowest BCUT2D eigenvalue weighted by Gasteiger charge is -2.23. The minimum Gasteiger partial charge on any atom is -0.484 e. The van der Waals surface area contributed by atoms with Crippen molar-refractivity contribution < 1.29 is 23.6 Å². The second-order valence-corrected chi connectivity index (χ2v) is 6.57. The Morgan fingerprint density at radius 1 is 1.43 bits per heavy atom. The van der Waals surface area contributed by atoms with E-state index in [1.807, 2.05) is 0 Å². The van der Waals surface area contributed by atoms with Gasteiger partial charge in [-0.15, -0.1) is 0 Å². The third-order valence-corrected chi connectivity index (χ3v) is 3.24. The van der Waals surface area contributed by atoms with E-state index in [0.29, 0.717) is 12.8 Å². The van der Waals surface area contributed by atoms with Crippen LogP contribution < -0.4 is 10.1 Å². The smallest absolute Gasteiger partial charge is 0.408 e. The second kappa shape index (κ2) is 6.02. The summed E-state index contributed by atoms with van der Waals surface area (Å²) in [6, 6.07) is 3.09. The zero-order chi connectivity index (χ0) is 17.3. The molecule has 0 bridgehead atoms. The molecule has 0 aromatic heterocycles. The molecule has 0 radical (unpaired) electrons. The monoisotopic (exact) mass is 326 g/mol. The molecule has 8 heteroatoms. The van der Waals surface area contributed by atoms with Crippen LogP contribution in [-0.2, 0) is 4.74 Å². The minimum atomic E-state index is -0.711. The average Bonchev–Trinajstić information content (AvgIpc) is 3.14. The molecule has 1 aromatic rings. The number of nitro groups is 1. The Morgan fingerprint density at radius 3 is 2.61 bits per heavy atom. The van der Waals surface area contributed by atoms with Gasteiger partial charge in [-0.1, -0.05) is 0 Å². The molecule has 0 saturated heterocycles. The molecule has 1 N–H and O–H groups in total. The number of carbonyl (C=O) groups excluding carboxylic acids is 1. The number of ether oxygens (including phenoxy) is 2. The number of halogens is 1. The molecule has 7 nitrogen and oxygen atoms in total. The molecule has 1 aliphatic rings. The van der Waals surface area contributed by atoms with Crippen molar-refractivity contribution in [1.82, 2.24) is 5.32 Å². The molecular formula is C15H19FN2O5. The molecule has 1 fully saturated rings. The van der Waals surface area contributed by atoms with Gasteiger partial charge in [0.2, 0.25) is 0 Å². The molecule has 0 heterocycles. The van der Waals surface area contributed by atoms with Crippen molar-refractivity contribution in [3.8, 4) is 5.75 Å². The maximum atomic E-state index is 13.1. The topological polar surface area (TPSA) is 90.7 Å². The maximum Gasteiger partial charge on any atom is 0.408 e. The minimum absolute atomic E-state index is 0.0336. The van der Waals surface area contributed by atoms with E-state index < -0.39 is 33.7 Å². The number of hydrogen-bond acceptors (Lipinski definition) is 5. The van der Waals surface area contributed by atoms with E-state index >= 15 is 0 Å². The van der Waals surface area contributed by atoms with Crippen LogP contribution >= 0.6 is 0 Å². The van der Waals surface area contributed by atoms with Crippen LogP contribution in [0.2, 0.25) is 0 Å². The lowest BCUT2D eigenvalue weighted by atomic mass is 10.2. The molecular weight excluding hydrogens is 307 g/mol. The zero-order valence-corrected chi connectivity index (χ0v) is 13.2. The first-order valence-electron chi connectivity index (χ1n) is 7.18. The third kappa shape index (κ3) is 4.80. The van der Waals surface area contributed by atoms with Gasteiger partial charge in [-0.2, -0.15) is 0 Å². The summed E-state index contributed by atoms with van der Waals surface area (Å²) in [5.74, 6) is -0.745. The lowest BCUT2D eigenvalue weighted by molar-refractivity contribution is -0.386. The van der Waals surface area contributed by atoms with E-state index in [9.17, 15) is 19.3 Å². The number of alkyl carbamates (subject to hydrolysis) is 1. The summed E-state index contributed by atoms with van der Waals surface area (Å²) in [4.78, 5) is 22.0. The summed E-state index contributed by atoms with van der Waals surface area (Å²) in [5, 5.41) is 13.6. The fourth-order valence-corrected chi connectivity index (χ4v) is 1.95. The van der Waals surface area contributed by atoms with Crippen molar-refractivity contribution in [3.05, 3.63) is 34.1 Å². The van der Waals surface area contributed by atoms with Crippen LogP contribution in [0.1, 0.15) is 33.6 Å². The van der Waals surface area contributed by atoms with Gasteiger partial charge in [-0.25, -0.2) is 9.18 Å². The number of nitrogens with one attached hydrogen (secondary N) is 1. The van der Waals surface area contributed by atoms with E-state index in [1.54, 1.807) is 20.8 Å². The van der Waals surface area contributed by atoms with Crippen molar-refractivity contribution in [3.63, 3.8) is 0 Å². The van der Waals surface area contributed by atoms with Gasteiger partial charge < -0.3 is 14.8 Å². The Hall–Kier alpha value is -2.38. The highest BCUT2D eigenvalue weighted by atomic mass is 19.1. The molecule has 1 amide bonds. The molecule has 1 aliphatic carbocycles. The molecule has 126 valence electrons. The Kier molecular flexibility index (Phi) is 4.44. The van der Waals surface area contributed by atoms with Crippen molar-refractivity contribution in [2.75, 3.05) is 6.61 Å². The van der Waals surface area contributed by atoms with Gasteiger partial charge in [0, 0.05) is 0 Å². The van der Waals surface area contributed by atoms with E-state index in [4.69, 9.17) is 9.47 Å². The predicted molar refractivity (Wildman–Crippen MR) is 79.9 cm³/mol. The standard InChI is InChI=1S/C15H19FN2O5/c1-14(2,3)23-13(19)17-15(6-7-15)9-22-12-5-4-10(16)8-11(12)18(20)21/h4-5,8H,6-7,9H2,1-3H3,(H,17,19). The second-order valence-electron chi connectivity index (χ2n) is 6.57. The van der Waals surface area contributed by atoms with Gasteiger partial charge >= 0.3 is 11.8 Å². The number of nitro benzene ring substituents is 1. The SMILES string of the molecule is CC(C)(C)OC(=O)NC1(COc2ccc(F)cc2[N+](=O)[O-])CC1. The summed E-state index contributed by atoms with van der Waals surface area (Å²) >= 11 is 0. The Balaban J connectivity index is 1.98. The van der Waals surface area contributed by atoms with Crippen molar-refractivity contribution >= 4 is 11.8 Å². The zero-order valence-electron chi connectivity index (χ0n) is 13.2. The molecule has 23 heavy (non-hydrogen) atoms. The largest absolute Gasteiger partial charge is 0.484 e. The fourth-order valence-electron chi connectivity index (χ4n) is 1.95. The molecule has 0 unspecified atom stereocenters. The first-order valence-corrected chi connectivity index (χ1v) is 7.18. The molecule has 1 saturated carbocycles. The van der Waals surface area contributed by atoms with Crippen LogP contribution in [0, 0.1) is 15.9 Å². The summed E-state index contributed by atoms with van der Waals surface area (Å²) in [5.41, 5.74) is -1.65. The predicted octanol–water partition coefficient (Wildman–Crippen LogP) is 3.17. The van der Waals surface area contributed by atoms with Crippen molar-refractivity contribution in [2.45, 2.75) is 44.8 Å². The van der Waals surface area contributed by atoms with Gasteiger partial charge in [-0.3, -0.25) is 10.1 Å². The fraction of sp³-hybridized carbons (Fsp3) is 0.533. The number of amides is 1. The van der Waals surface area contributed by atoms with Crippen LogP contribution in [-0.4, -0.2) is 28.8 Å². The summed E-state index contributed by atoms with van der Waals surface area (Å²) in [7, 11) is 0. The van der Waals surface area contributed by atoms with Crippen LogP contribution in [0.3, 0.4) is 0 Å². The Labute approximate surface area is 132 Å². The van der Waals surface area contributed by atoms with Crippen molar-refractivity contribution in [2.24, 2.45) is 0 Å². The summed E-state index contributed by atoms with van der Waals surface area (Å²) < 4.78 is 23.7. The quantitative estimate of drug-likeness (QED) is 0.663. The first kappa shape index (κ1) is 17.0. The van der Waals surface area contributed by atoms with Gasteiger partial charge in [0.1, 0.15) is 18.0 Å². The normalized spacial score (nSPS) is 15.7. The Bertz CT molecular complexity index is 623. The van der Waals surface area contributed by atoms with Gasteiger partial charge in [0.25, 0.3) is 0 Å². The van der Waals surface area contributed by atoms with E-state index in [0.717, 1.165) is 12.1 Å². The molecule has 0 aliphatic heterocycles. The van der Waals surface area contributed by atoms with Crippen LogP contribution in [0.5, 0.6) is 5.75 Å². The van der Waals surface area contributed by atoms with E-state index in [1.165, 1.54) is 6.07 Å². The molecule has 0 atom stereocenters. The highest BCUT2D eigenvalue weighted by Gasteiger charge is 2.46. The van der Waals surface area contributed by atoms with E-state index in [-0.39, 0.29) is 12.4 Å². The number of nitrogens with zero attached hydrogens (tertiary/aromatic N) is 1. The Morgan fingerprint density at radius 2 is 2.09 bits per heavy atom. The lowest BCUT2D eigenvalue weighted by Crippen LogP contribution is -2.44. The first-order chi connectivity index (χ1) is 10.6. The molecule has 0 spiro atoms. The van der Waals surface area contributed by atoms with Gasteiger partial charge in [-0.05, 0) is 45.7 Å². The third-order valence-electron chi connectivity index (χ3n) is 3.24. The van der Waals surface area contributed by atoms with Crippen molar-refractivity contribution in [1.29, 1.82) is 0 Å². The van der Waals surface area contributed by atoms with Gasteiger partial charge in [0.05, 0.1) is 16.5 Å². The summed E-state index contributed by atoms with van der Waals surface area (Å²) in [6.07, 6.45) is 0.801. The highest BCUT2D eigenvalue weighted by molar-refractivity contribution is 5.69. The number of hydrogen-bond donors (Lipinski definition) is 1.